The maximum Gasteiger partial charge on any atom is 0.340 e. The summed E-state index contributed by atoms with van der Waals surface area (Å²) in [6.07, 6.45) is 0. The van der Waals surface area contributed by atoms with Crippen molar-refractivity contribution in [3.8, 4) is 0 Å². The third-order valence-corrected chi connectivity index (χ3v) is 2.17. The molecule has 5 heteroatoms. The predicted molar refractivity (Wildman–Crippen MR) is 61.4 cm³/mol. The van der Waals surface area contributed by atoms with Gasteiger partial charge in [-0.05, 0) is 19.1 Å². The molecule has 0 aliphatic rings. The van der Waals surface area contributed by atoms with Gasteiger partial charge in [0.25, 0.3) is 0 Å². The fraction of sp³-hybridized carbons (Fsp3) is 0.300. The zero-order valence-corrected chi connectivity index (χ0v) is 9.39. The Labute approximate surface area is 93.4 Å². The van der Waals surface area contributed by atoms with Crippen LogP contribution in [0.3, 0.4) is 0 Å². The van der Waals surface area contributed by atoms with Crippen LogP contribution >= 0.6 is 11.6 Å². The predicted octanol–water partition coefficient (Wildman–Crippen LogP) is 2.14. The van der Waals surface area contributed by atoms with Crippen molar-refractivity contribution < 1.29 is 9.53 Å². The van der Waals surface area contributed by atoms with Gasteiger partial charge in [0.05, 0.1) is 23.4 Å². The van der Waals surface area contributed by atoms with Crippen molar-refractivity contribution >= 4 is 28.9 Å². The van der Waals surface area contributed by atoms with E-state index >= 15 is 0 Å². The van der Waals surface area contributed by atoms with E-state index in [9.17, 15) is 4.79 Å². The van der Waals surface area contributed by atoms with E-state index in [4.69, 9.17) is 17.3 Å². The molecule has 0 amide bonds. The summed E-state index contributed by atoms with van der Waals surface area (Å²) >= 11 is 5.96. The summed E-state index contributed by atoms with van der Waals surface area (Å²) in [5.74, 6) is -0.458. The summed E-state index contributed by atoms with van der Waals surface area (Å²) in [7, 11) is 1.31. The summed E-state index contributed by atoms with van der Waals surface area (Å²) in [4.78, 5) is 11.4. The second-order valence-electron chi connectivity index (χ2n) is 2.95. The Morgan fingerprint density at radius 1 is 1.60 bits per heavy atom. The first kappa shape index (κ1) is 11.7. The van der Waals surface area contributed by atoms with Gasteiger partial charge in [-0.15, -0.1) is 0 Å². The highest BCUT2D eigenvalue weighted by Gasteiger charge is 2.15. The summed E-state index contributed by atoms with van der Waals surface area (Å²) in [5, 5.41) is 3.41. The maximum absolute atomic E-state index is 11.4. The molecule has 0 spiro atoms. The minimum atomic E-state index is -0.458. The lowest BCUT2D eigenvalue weighted by atomic mass is 10.1. The number of halogens is 1. The van der Waals surface area contributed by atoms with Crippen LogP contribution in [0, 0.1) is 0 Å². The van der Waals surface area contributed by atoms with Gasteiger partial charge in [-0.3, -0.25) is 0 Å². The number of esters is 1. The lowest BCUT2D eigenvalue weighted by Gasteiger charge is -2.11. The highest BCUT2D eigenvalue weighted by Crippen LogP contribution is 2.29. The van der Waals surface area contributed by atoms with Crippen LogP contribution in [-0.4, -0.2) is 19.6 Å². The fourth-order valence-electron chi connectivity index (χ4n) is 1.26. The van der Waals surface area contributed by atoms with Crippen molar-refractivity contribution in [3.63, 3.8) is 0 Å². The zero-order chi connectivity index (χ0) is 11.4. The van der Waals surface area contributed by atoms with E-state index in [1.807, 2.05) is 6.92 Å². The number of methoxy groups -OCH3 is 1. The molecule has 15 heavy (non-hydrogen) atoms. The zero-order valence-electron chi connectivity index (χ0n) is 8.63. The Hall–Kier alpha value is -1.42. The minimum absolute atomic E-state index is 0.351. The Balaban J connectivity index is 3.26. The largest absolute Gasteiger partial charge is 0.465 e. The average molecular weight is 229 g/mol. The molecule has 1 rings (SSSR count). The lowest BCUT2D eigenvalue weighted by molar-refractivity contribution is 0.0602. The summed E-state index contributed by atoms with van der Waals surface area (Å²) in [6.45, 7) is 2.57. The normalized spacial score (nSPS) is 9.80. The second-order valence-corrected chi connectivity index (χ2v) is 3.35. The smallest absolute Gasteiger partial charge is 0.340 e. The van der Waals surface area contributed by atoms with Gasteiger partial charge in [0.1, 0.15) is 0 Å². The van der Waals surface area contributed by atoms with E-state index in [-0.39, 0.29) is 0 Å². The molecule has 4 nitrogen and oxygen atoms in total. The summed E-state index contributed by atoms with van der Waals surface area (Å²) in [6, 6.07) is 3.13. The standard InChI is InChI=1S/C10H13ClN2O2/c1-3-13-9-7(10(14)15-2)4-6(12)5-8(9)11/h4-5,13H,3,12H2,1-2H3. The molecule has 82 valence electrons. The molecule has 1 aromatic rings. The van der Waals surface area contributed by atoms with Crippen LogP contribution in [0.2, 0.25) is 5.02 Å². The first-order chi connectivity index (χ1) is 7.10. The van der Waals surface area contributed by atoms with Crippen molar-refractivity contribution in [2.75, 3.05) is 24.7 Å². The van der Waals surface area contributed by atoms with Crippen molar-refractivity contribution in [1.82, 2.24) is 0 Å². The number of hydrogen-bond donors (Lipinski definition) is 2. The molecule has 0 aliphatic heterocycles. The fourth-order valence-corrected chi connectivity index (χ4v) is 1.55. The van der Waals surface area contributed by atoms with Gasteiger partial charge in [-0.25, -0.2) is 4.79 Å². The number of carbonyl (C=O) groups excluding carboxylic acids is 1. The van der Waals surface area contributed by atoms with E-state index in [0.717, 1.165) is 0 Å². The number of benzene rings is 1. The molecule has 0 unspecified atom stereocenters. The van der Waals surface area contributed by atoms with Gasteiger partial charge in [0.2, 0.25) is 0 Å². The van der Waals surface area contributed by atoms with Crippen LogP contribution in [0.15, 0.2) is 12.1 Å². The van der Waals surface area contributed by atoms with Crippen molar-refractivity contribution in [1.29, 1.82) is 0 Å². The molecule has 0 radical (unpaired) electrons. The molecular formula is C10H13ClN2O2. The van der Waals surface area contributed by atoms with Crippen molar-refractivity contribution in [3.05, 3.63) is 22.7 Å². The van der Waals surface area contributed by atoms with Gasteiger partial charge in [-0.1, -0.05) is 11.6 Å². The summed E-state index contributed by atoms with van der Waals surface area (Å²) < 4.78 is 4.64. The van der Waals surface area contributed by atoms with E-state index in [1.165, 1.54) is 13.2 Å². The van der Waals surface area contributed by atoms with Crippen LogP contribution in [0.25, 0.3) is 0 Å². The molecule has 0 saturated heterocycles. The number of hydrogen-bond acceptors (Lipinski definition) is 4. The van der Waals surface area contributed by atoms with Crippen LogP contribution in [0.1, 0.15) is 17.3 Å². The molecule has 0 atom stereocenters. The number of ether oxygens (including phenoxy) is 1. The second kappa shape index (κ2) is 4.89. The Kier molecular flexibility index (Phi) is 3.80. The Morgan fingerprint density at radius 2 is 2.27 bits per heavy atom. The number of carbonyl (C=O) groups is 1. The number of rotatable bonds is 3. The van der Waals surface area contributed by atoms with E-state index < -0.39 is 5.97 Å². The first-order valence-electron chi connectivity index (χ1n) is 4.51. The topological polar surface area (TPSA) is 64.3 Å². The van der Waals surface area contributed by atoms with Gasteiger partial charge in [-0.2, -0.15) is 0 Å². The molecule has 0 aromatic heterocycles. The first-order valence-corrected chi connectivity index (χ1v) is 4.89. The number of nitrogens with two attached hydrogens (primary N) is 1. The van der Waals surface area contributed by atoms with Crippen LogP contribution < -0.4 is 11.1 Å². The minimum Gasteiger partial charge on any atom is -0.465 e. The van der Waals surface area contributed by atoms with Crippen LogP contribution in [0.5, 0.6) is 0 Å². The molecule has 3 N–H and O–H groups in total. The number of nitrogens with one attached hydrogen (secondary N) is 1. The molecule has 0 heterocycles. The molecular weight excluding hydrogens is 216 g/mol. The SMILES string of the molecule is CCNc1c(Cl)cc(N)cc1C(=O)OC. The van der Waals surface area contributed by atoms with E-state index in [1.54, 1.807) is 6.07 Å². The van der Waals surface area contributed by atoms with E-state index in [0.29, 0.717) is 28.5 Å². The number of anilines is 2. The van der Waals surface area contributed by atoms with Crippen LogP contribution in [-0.2, 0) is 4.74 Å². The lowest BCUT2D eigenvalue weighted by Crippen LogP contribution is -2.09. The average Bonchev–Trinajstić information content (AvgIpc) is 2.20. The van der Waals surface area contributed by atoms with Crippen LogP contribution in [0.4, 0.5) is 11.4 Å². The Bertz CT molecular complexity index is 380. The van der Waals surface area contributed by atoms with E-state index in [2.05, 4.69) is 10.1 Å². The monoisotopic (exact) mass is 228 g/mol. The molecule has 0 aliphatic carbocycles. The van der Waals surface area contributed by atoms with Gasteiger partial charge < -0.3 is 15.8 Å². The highest BCUT2D eigenvalue weighted by atomic mass is 35.5. The van der Waals surface area contributed by atoms with Crippen molar-refractivity contribution in [2.45, 2.75) is 6.92 Å². The highest BCUT2D eigenvalue weighted by molar-refractivity contribution is 6.34. The third-order valence-electron chi connectivity index (χ3n) is 1.87. The van der Waals surface area contributed by atoms with Gasteiger partial charge in [0.15, 0.2) is 0 Å². The summed E-state index contributed by atoms with van der Waals surface area (Å²) in [5.41, 5.74) is 6.94. The maximum atomic E-state index is 11.4. The third kappa shape index (κ3) is 2.53. The molecule has 0 fully saturated rings. The van der Waals surface area contributed by atoms with Crippen molar-refractivity contribution in [2.24, 2.45) is 0 Å². The van der Waals surface area contributed by atoms with Gasteiger partial charge in [0, 0.05) is 12.2 Å². The molecule has 1 aromatic carbocycles. The Morgan fingerprint density at radius 3 is 2.80 bits per heavy atom. The quantitative estimate of drug-likeness (QED) is 0.615. The molecule has 0 saturated carbocycles. The number of nitrogen functional groups attached to an aromatic ring is 1. The van der Waals surface area contributed by atoms with Gasteiger partial charge >= 0.3 is 5.97 Å². The molecule has 0 bridgehead atoms.